The predicted molar refractivity (Wildman–Crippen MR) is 65.6 cm³/mol. The van der Waals surface area contributed by atoms with Crippen LogP contribution in [0.2, 0.25) is 0 Å². The standard InChI is InChI=1S/C12H17FN2O2/c1-8(12(2,3)4)14-10-5-9(13)6-11(7-10)15(16)17/h5-8,14H,1-4H3. The van der Waals surface area contributed by atoms with Crippen LogP contribution in [0.15, 0.2) is 18.2 Å². The monoisotopic (exact) mass is 240 g/mol. The molecule has 0 bridgehead atoms. The van der Waals surface area contributed by atoms with Crippen LogP contribution in [0.4, 0.5) is 15.8 Å². The number of nitrogens with one attached hydrogen (secondary N) is 1. The van der Waals surface area contributed by atoms with Gasteiger partial charge in [0.15, 0.2) is 0 Å². The number of rotatable bonds is 3. The van der Waals surface area contributed by atoms with Crippen molar-refractivity contribution in [3.8, 4) is 0 Å². The summed E-state index contributed by atoms with van der Waals surface area (Å²) < 4.78 is 13.2. The molecule has 94 valence electrons. The molecule has 0 aliphatic rings. The fourth-order valence-electron chi connectivity index (χ4n) is 1.23. The van der Waals surface area contributed by atoms with E-state index < -0.39 is 10.7 Å². The van der Waals surface area contributed by atoms with Gasteiger partial charge in [-0.05, 0) is 18.4 Å². The molecular weight excluding hydrogens is 223 g/mol. The van der Waals surface area contributed by atoms with Crippen molar-refractivity contribution in [1.82, 2.24) is 0 Å². The summed E-state index contributed by atoms with van der Waals surface area (Å²) in [4.78, 5) is 10.00. The van der Waals surface area contributed by atoms with Crippen molar-refractivity contribution in [1.29, 1.82) is 0 Å². The molecule has 0 spiro atoms. The van der Waals surface area contributed by atoms with Crippen LogP contribution in [0.5, 0.6) is 0 Å². The lowest BCUT2D eigenvalue weighted by Crippen LogP contribution is -2.30. The second-order valence-electron chi connectivity index (χ2n) is 5.19. The van der Waals surface area contributed by atoms with E-state index in [2.05, 4.69) is 5.32 Å². The van der Waals surface area contributed by atoms with Crippen LogP contribution in [0.1, 0.15) is 27.7 Å². The third kappa shape index (κ3) is 3.69. The molecule has 1 aromatic carbocycles. The third-order valence-electron chi connectivity index (χ3n) is 2.78. The number of hydrogen-bond acceptors (Lipinski definition) is 3. The summed E-state index contributed by atoms with van der Waals surface area (Å²) >= 11 is 0. The summed E-state index contributed by atoms with van der Waals surface area (Å²) in [6.45, 7) is 8.08. The first kappa shape index (κ1) is 13.4. The van der Waals surface area contributed by atoms with Gasteiger partial charge < -0.3 is 5.32 Å². The predicted octanol–water partition coefficient (Wildman–Crippen LogP) is 3.58. The van der Waals surface area contributed by atoms with Gasteiger partial charge in [-0.3, -0.25) is 10.1 Å². The van der Waals surface area contributed by atoms with Crippen molar-refractivity contribution in [3.05, 3.63) is 34.1 Å². The van der Waals surface area contributed by atoms with E-state index in [1.807, 2.05) is 27.7 Å². The molecule has 0 aliphatic carbocycles. The zero-order chi connectivity index (χ0) is 13.2. The summed E-state index contributed by atoms with van der Waals surface area (Å²) in [5.74, 6) is -0.609. The van der Waals surface area contributed by atoms with Crippen molar-refractivity contribution in [2.45, 2.75) is 33.7 Å². The van der Waals surface area contributed by atoms with E-state index in [0.717, 1.165) is 6.07 Å². The van der Waals surface area contributed by atoms with E-state index in [-0.39, 0.29) is 17.1 Å². The molecule has 1 N–H and O–H groups in total. The maximum atomic E-state index is 13.2. The van der Waals surface area contributed by atoms with Gasteiger partial charge in [-0.25, -0.2) is 4.39 Å². The SMILES string of the molecule is CC(Nc1cc(F)cc([N+](=O)[O-])c1)C(C)(C)C. The quantitative estimate of drug-likeness (QED) is 0.649. The minimum Gasteiger partial charge on any atom is -0.382 e. The van der Waals surface area contributed by atoms with Crippen LogP contribution in [0, 0.1) is 21.3 Å². The van der Waals surface area contributed by atoms with Crippen molar-refractivity contribution >= 4 is 11.4 Å². The maximum Gasteiger partial charge on any atom is 0.274 e. The van der Waals surface area contributed by atoms with E-state index >= 15 is 0 Å². The zero-order valence-electron chi connectivity index (χ0n) is 10.5. The lowest BCUT2D eigenvalue weighted by atomic mass is 9.88. The van der Waals surface area contributed by atoms with Crippen LogP contribution < -0.4 is 5.32 Å². The van der Waals surface area contributed by atoms with Gasteiger partial charge in [-0.2, -0.15) is 0 Å². The average molecular weight is 240 g/mol. The molecule has 0 fully saturated rings. The van der Waals surface area contributed by atoms with E-state index in [1.165, 1.54) is 12.1 Å². The number of nitrogens with zero attached hydrogens (tertiary/aromatic N) is 1. The number of anilines is 1. The van der Waals surface area contributed by atoms with E-state index in [1.54, 1.807) is 0 Å². The molecule has 1 rings (SSSR count). The Bertz CT molecular complexity index is 427. The van der Waals surface area contributed by atoms with Gasteiger partial charge in [0.1, 0.15) is 5.82 Å². The Morgan fingerprint density at radius 3 is 2.41 bits per heavy atom. The molecule has 17 heavy (non-hydrogen) atoms. The van der Waals surface area contributed by atoms with Crippen LogP contribution >= 0.6 is 0 Å². The fourth-order valence-corrected chi connectivity index (χ4v) is 1.23. The average Bonchev–Trinajstić information content (AvgIpc) is 2.14. The highest BCUT2D eigenvalue weighted by Crippen LogP contribution is 2.25. The largest absolute Gasteiger partial charge is 0.382 e. The number of non-ortho nitro benzene ring substituents is 1. The van der Waals surface area contributed by atoms with Crippen LogP contribution in [0.3, 0.4) is 0 Å². The molecule has 1 aromatic rings. The summed E-state index contributed by atoms with van der Waals surface area (Å²) in [7, 11) is 0. The second kappa shape index (κ2) is 4.69. The molecule has 0 saturated heterocycles. The van der Waals surface area contributed by atoms with E-state index in [9.17, 15) is 14.5 Å². The normalized spacial score (nSPS) is 13.2. The van der Waals surface area contributed by atoms with E-state index in [0.29, 0.717) is 5.69 Å². The number of hydrogen-bond donors (Lipinski definition) is 1. The smallest absolute Gasteiger partial charge is 0.274 e. The molecular formula is C12H17FN2O2. The molecule has 0 radical (unpaired) electrons. The minimum absolute atomic E-state index is 0.0128. The lowest BCUT2D eigenvalue weighted by Gasteiger charge is -2.28. The Morgan fingerprint density at radius 2 is 1.94 bits per heavy atom. The van der Waals surface area contributed by atoms with Crippen molar-refractivity contribution < 1.29 is 9.31 Å². The van der Waals surface area contributed by atoms with Gasteiger partial charge in [0.05, 0.1) is 11.0 Å². The minimum atomic E-state index is -0.609. The van der Waals surface area contributed by atoms with Gasteiger partial charge in [0.2, 0.25) is 0 Å². The molecule has 4 nitrogen and oxygen atoms in total. The number of benzene rings is 1. The number of nitro groups is 1. The Kier molecular flexibility index (Phi) is 3.70. The van der Waals surface area contributed by atoms with Crippen LogP contribution in [-0.2, 0) is 0 Å². The zero-order valence-corrected chi connectivity index (χ0v) is 10.5. The Hall–Kier alpha value is -1.65. The van der Waals surface area contributed by atoms with Gasteiger partial charge in [0.25, 0.3) is 5.69 Å². The second-order valence-corrected chi connectivity index (χ2v) is 5.19. The summed E-state index contributed by atoms with van der Waals surface area (Å²) in [6.07, 6.45) is 0. The van der Waals surface area contributed by atoms with Crippen LogP contribution in [0.25, 0.3) is 0 Å². The molecule has 1 unspecified atom stereocenters. The summed E-state index contributed by atoms with van der Waals surface area (Å²) in [5.41, 5.74) is 0.175. The highest BCUT2D eigenvalue weighted by atomic mass is 19.1. The molecule has 0 amide bonds. The number of nitro benzene ring substituents is 1. The van der Waals surface area contributed by atoms with E-state index in [4.69, 9.17) is 0 Å². The highest BCUT2D eigenvalue weighted by molar-refractivity contribution is 5.52. The first-order valence-corrected chi connectivity index (χ1v) is 5.41. The van der Waals surface area contributed by atoms with Crippen molar-refractivity contribution in [3.63, 3.8) is 0 Å². The summed E-state index contributed by atoms with van der Waals surface area (Å²) in [6, 6.07) is 3.58. The molecule has 5 heteroatoms. The van der Waals surface area contributed by atoms with Gasteiger partial charge in [-0.1, -0.05) is 20.8 Å². The van der Waals surface area contributed by atoms with Gasteiger partial charge in [0, 0.05) is 17.8 Å². The molecule has 0 saturated carbocycles. The number of halogens is 1. The van der Waals surface area contributed by atoms with Crippen LogP contribution in [-0.4, -0.2) is 11.0 Å². The molecule has 0 aliphatic heterocycles. The Labute approximate surface area is 100.0 Å². The van der Waals surface area contributed by atoms with Gasteiger partial charge in [-0.15, -0.1) is 0 Å². The molecule has 0 heterocycles. The fraction of sp³-hybridized carbons (Fsp3) is 0.500. The molecule has 0 aromatic heterocycles. The lowest BCUT2D eigenvalue weighted by molar-refractivity contribution is -0.385. The first-order valence-electron chi connectivity index (χ1n) is 5.41. The topological polar surface area (TPSA) is 55.2 Å². The Balaban J connectivity index is 2.96. The Morgan fingerprint density at radius 1 is 1.35 bits per heavy atom. The molecule has 1 atom stereocenters. The van der Waals surface area contributed by atoms with Crippen molar-refractivity contribution in [2.75, 3.05) is 5.32 Å². The first-order chi connectivity index (χ1) is 7.70. The van der Waals surface area contributed by atoms with Gasteiger partial charge >= 0.3 is 0 Å². The van der Waals surface area contributed by atoms with Crippen molar-refractivity contribution in [2.24, 2.45) is 5.41 Å². The third-order valence-corrected chi connectivity index (χ3v) is 2.78. The maximum absolute atomic E-state index is 13.2. The highest BCUT2D eigenvalue weighted by Gasteiger charge is 2.20. The summed E-state index contributed by atoms with van der Waals surface area (Å²) in [5, 5.41) is 13.7.